The maximum atomic E-state index is 11.6. The minimum atomic E-state index is -0.602. The minimum absolute atomic E-state index is 0.0280. The van der Waals surface area contributed by atoms with Crippen molar-refractivity contribution < 1.29 is 9.53 Å². The molecule has 0 radical (unpaired) electrons. The summed E-state index contributed by atoms with van der Waals surface area (Å²) in [5, 5.41) is 12.1. The van der Waals surface area contributed by atoms with E-state index in [0.29, 0.717) is 0 Å². The summed E-state index contributed by atoms with van der Waals surface area (Å²) in [5.74, 6) is -0.602. The number of carbonyl (C=O) groups excluding carboxylic acids is 1. The Balaban J connectivity index is 3.03. The molecule has 4 heteroatoms. The van der Waals surface area contributed by atoms with Crippen molar-refractivity contribution in [3.05, 3.63) is 41.1 Å². The Bertz CT molecular complexity index is 520. The first kappa shape index (κ1) is 15.8. The number of hydrogen-bond donors (Lipinski definition) is 1. The molecule has 0 spiro atoms. The normalized spacial score (nSPS) is 10.8. The van der Waals surface area contributed by atoms with Crippen LogP contribution in [0.1, 0.15) is 31.9 Å². The highest BCUT2D eigenvalue weighted by molar-refractivity contribution is 5.93. The molecule has 0 atom stereocenters. The molecule has 0 amide bonds. The number of rotatable bonds is 6. The molecule has 1 rings (SSSR count). The van der Waals surface area contributed by atoms with Gasteiger partial charge in [-0.2, -0.15) is 5.26 Å². The first-order valence-electron chi connectivity index (χ1n) is 6.82. The van der Waals surface area contributed by atoms with Crippen LogP contribution in [0.2, 0.25) is 0 Å². The van der Waals surface area contributed by atoms with Gasteiger partial charge < -0.3 is 10.1 Å². The van der Waals surface area contributed by atoms with Crippen LogP contribution in [-0.2, 0) is 22.4 Å². The number of anilines is 1. The Labute approximate surface area is 120 Å². The number of ether oxygens (including phenoxy) is 1. The molecule has 1 N–H and O–H groups in total. The zero-order valence-electron chi connectivity index (χ0n) is 12.2. The lowest BCUT2D eigenvalue weighted by molar-refractivity contribution is -0.138. The summed E-state index contributed by atoms with van der Waals surface area (Å²) in [6, 6.07) is 7.94. The van der Waals surface area contributed by atoms with Crippen molar-refractivity contribution >= 4 is 11.7 Å². The van der Waals surface area contributed by atoms with Crippen LogP contribution in [0.15, 0.2) is 30.0 Å². The van der Waals surface area contributed by atoms with E-state index in [2.05, 4.69) is 19.2 Å². The Morgan fingerprint density at radius 1 is 1.30 bits per heavy atom. The fraction of sp³-hybridized carbons (Fsp3) is 0.375. The van der Waals surface area contributed by atoms with E-state index in [4.69, 9.17) is 10.00 Å². The summed E-state index contributed by atoms with van der Waals surface area (Å²) in [6.45, 7) is 6.10. The molecule has 106 valence electrons. The second kappa shape index (κ2) is 8.00. The van der Waals surface area contributed by atoms with E-state index in [1.165, 1.54) is 6.20 Å². The van der Waals surface area contributed by atoms with Crippen molar-refractivity contribution in [2.45, 2.75) is 33.6 Å². The van der Waals surface area contributed by atoms with Gasteiger partial charge in [0.1, 0.15) is 6.07 Å². The van der Waals surface area contributed by atoms with E-state index >= 15 is 0 Å². The Hall–Kier alpha value is -2.28. The second-order valence-electron chi connectivity index (χ2n) is 4.19. The third-order valence-corrected chi connectivity index (χ3v) is 2.98. The third kappa shape index (κ3) is 3.86. The summed E-state index contributed by atoms with van der Waals surface area (Å²) >= 11 is 0. The van der Waals surface area contributed by atoms with E-state index in [0.717, 1.165) is 29.7 Å². The fourth-order valence-electron chi connectivity index (χ4n) is 1.92. The van der Waals surface area contributed by atoms with Crippen LogP contribution in [0.5, 0.6) is 0 Å². The van der Waals surface area contributed by atoms with Crippen molar-refractivity contribution in [3.63, 3.8) is 0 Å². The number of nitrogens with zero attached hydrogens (tertiary/aromatic N) is 1. The van der Waals surface area contributed by atoms with Crippen LogP contribution in [0.4, 0.5) is 5.69 Å². The molecule has 20 heavy (non-hydrogen) atoms. The van der Waals surface area contributed by atoms with Crippen molar-refractivity contribution in [3.8, 4) is 6.07 Å². The van der Waals surface area contributed by atoms with Crippen LogP contribution >= 0.6 is 0 Å². The van der Waals surface area contributed by atoms with Gasteiger partial charge in [-0.3, -0.25) is 0 Å². The van der Waals surface area contributed by atoms with Gasteiger partial charge in [0.25, 0.3) is 0 Å². The standard InChI is InChI=1S/C16H20N2O2/c1-4-12-8-7-9-13(5-2)15(12)18-11-14(10-17)16(19)20-6-3/h7-9,11,18H,4-6H2,1-3H3/b14-11+. The molecule has 0 fully saturated rings. The van der Waals surface area contributed by atoms with Crippen LogP contribution in [0, 0.1) is 11.3 Å². The number of carbonyl (C=O) groups is 1. The van der Waals surface area contributed by atoms with E-state index in [9.17, 15) is 4.79 Å². The zero-order chi connectivity index (χ0) is 15.0. The highest BCUT2D eigenvalue weighted by Gasteiger charge is 2.10. The molecular weight excluding hydrogens is 252 g/mol. The molecule has 1 aromatic carbocycles. The zero-order valence-corrected chi connectivity index (χ0v) is 12.2. The van der Waals surface area contributed by atoms with E-state index in [-0.39, 0.29) is 12.2 Å². The lowest BCUT2D eigenvalue weighted by Gasteiger charge is -2.13. The monoisotopic (exact) mass is 272 g/mol. The summed E-state index contributed by atoms with van der Waals surface area (Å²) in [4.78, 5) is 11.6. The molecule has 0 aromatic heterocycles. The van der Waals surface area contributed by atoms with Crippen LogP contribution in [0.3, 0.4) is 0 Å². The first-order valence-corrected chi connectivity index (χ1v) is 6.82. The van der Waals surface area contributed by atoms with E-state index < -0.39 is 5.97 Å². The fourth-order valence-corrected chi connectivity index (χ4v) is 1.92. The van der Waals surface area contributed by atoms with Crippen molar-refractivity contribution in [1.29, 1.82) is 5.26 Å². The van der Waals surface area contributed by atoms with Gasteiger partial charge >= 0.3 is 5.97 Å². The molecule has 0 aliphatic heterocycles. The maximum absolute atomic E-state index is 11.6. The predicted molar refractivity (Wildman–Crippen MR) is 79.1 cm³/mol. The predicted octanol–water partition coefficient (Wildman–Crippen LogP) is 3.19. The van der Waals surface area contributed by atoms with Gasteiger partial charge in [-0.1, -0.05) is 32.0 Å². The van der Waals surface area contributed by atoms with Crippen LogP contribution in [-0.4, -0.2) is 12.6 Å². The van der Waals surface area contributed by atoms with Crippen molar-refractivity contribution in [2.75, 3.05) is 11.9 Å². The number of nitrogens with one attached hydrogen (secondary N) is 1. The molecule has 0 heterocycles. The molecule has 0 aliphatic rings. The molecular formula is C16H20N2O2. The van der Waals surface area contributed by atoms with Gasteiger partial charge in [0.2, 0.25) is 0 Å². The molecule has 0 unspecified atom stereocenters. The SMILES string of the molecule is CCOC(=O)/C(C#N)=C/Nc1c(CC)cccc1CC. The lowest BCUT2D eigenvalue weighted by Crippen LogP contribution is -2.08. The Morgan fingerprint density at radius 3 is 2.35 bits per heavy atom. The highest BCUT2D eigenvalue weighted by atomic mass is 16.5. The summed E-state index contributed by atoms with van der Waals surface area (Å²) < 4.78 is 4.83. The average Bonchev–Trinajstić information content (AvgIpc) is 2.47. The first-order chi connectivity index (χ1) is 9.67. The minimum Gasteiger partial charge on any atom is -0.462 e. The van der Waals surface area contributed by atoms with Gasteiger partial charge in [-0.05, 0) is 30.9 Å². The largest absolute Gasteiger partial charge is 0.462 e. The lowest BCUT2D eigenvalue weighted by atomic mass is 10.0. The molecule has 0 saturated carbocycles. The van der Waals surface area contributed by atoms with Crippen LogP contribution in [0.25, 0.3) is 0 Å². The van der Waals surface area contributed by atoms with E-state index in [1.807, 2.05) is 24.3 Å². The van der Waals surface area contributed by atoms with Gasteiger partial charge in [0.15, 0.2) is 5.57 Å². The summed E-state index contributed by atoms with van der Waals surface area (Å²) in [6.07, 6.45) is 3.18. The maximum Gasteiger partial charge on any atom is 0.350 e. The summed E-state index contributed by atoms with van der Waals surface area (Å²) in [5.41, 5.74) is 3.25. The quantitative estimate of drug-likeness (QED) is 0.491. The Kier molecular flexibility index (Phi) is 6.31. The molecule has 1 aromatic rings. The van der Waals surface area contributed by atoms with Crippen molar-refractivity contribution in [1.82, 2.24) is 0 Å². The smallest absolute Gasteiger partial charge is 0.350 e. The molecule has 0 aliphatic carbocycles. The highest BCUT2D eigenvalue weighted by Crippen LogP contribution is 2.22. The van der Waals surface area contributed by atoms with Gasteiger partial charge in [0, 0.05) is 11.9 Å². The average molecular weight is 272 g/mol. The van der Waals surface area contributed by atoms with Crippen LogP contribution < -0.4 is 5.32 Å². The molecule has 0 bridgehead atoms. The number of esters is 1. The van der Waals surface area contributed by atoms with Gasteiger partial charge in [-0.25, -0.2) is 4.79 Å². The van der Waals surface area contributed by atoms with Gasteiger partial charge in [-0.15, -0.1) is 0 Å². The topological polar surface area (TPSA) is 62.1 Å². The molecule has 4 nitrogen and oxygen atoms in total. The number of benzene rings is 1. The van der Waals surface area contributed by atoms with E-state index in [1.54, 1.807) is 6.92 Å². The third-order valence-electron chi connectivity index (χ3n) is 2.98. The number of hydrogen-bond acceptors (Lipinski definition) is 4. The number of para-hydroxylation sites is 1. The summed E-state index contributed by atoms with van der Waals surface area (Å²) in [7, 11) is 0. The van der Waals surface area contributed by atoms with Crippen molar-refractivity contribution in [2.24, 2.45) is 0 Å². The number of nitriles is 1. The van der Waals surface area contributed by atoms with Gasteiger partial charge in [0.05, 0.1) is 6.61 Å². The Morgan fingerprint density at radius 2 is 1.90 bits per heavy atom. The molecule has 0 saturated heterocycles. The second-order valence-corrected chi connectivity index (χ2v) is 4.19. The number of aryl methyl sites for hydroxylation is 2.